The third-order valence-electron chi connectivity index (χ3n) is 6.40. The smallest absolute Gasteiger partial charge is 0.356 e. The second kappa shape index (κ2) is 10.2. The number of aromatic nitrogens is 3. The molecule has 7 nitrogen and oxygen atoms in total. The molecule has 2 aromatic carbocycles. The molecule has 0 spiro atoms. The highest BCUT2D eigenvalue weighted by Crippen LogP contribution is 2.21. The minimum Gasteiger partial charge on any atom is -0.476 e. The van der Waals surface area contributed by atoms with Gasteiger partial charge in [0.25, 0.3) is 0 Å². The lowest BCUT2D eigenvalue weighted by Gasteiger charge is -2.26. The average molecular weight is 468 g/mol. The first kappa shape index (κ1) is 23.0. The van der Waals surface area contributed by atoms with Gasteiger partial charge in [0, 0.05) is 50.2 Å². The van der Waals surface area contributed by atoms with E-state index in [-0.39, 0.29) is 5.69 Å². The van der Waals surface area contributed by atoms with Crippen molar-refractivity contribution in [2.75, 3.05) is 26.2 Å². The second-order valence-electron chi connectivity index (χ2n) is 8.99. The maximum atomic E-state index is 11.2. The van der Waals surface area contributed by atoms with E-state index in [2.05, 4.69) is 68.8 Å². The van der Waals surface area contributed by atoms with Crippen molar-refractivity contribution in [3.05, 3.63) is 101 Å². The molecule has 1 fully saturated rings. The summed E-state index contributed by atoms with van der Waals surface area (Å²) in [4.78, 5) is 18.3. The van der Waals surface area contributed by atoms with Gasteiger partial charge in [0.15, 0.2) is 5.69 Å². The first-order valence-corrected chi connectivity index (χ1v) is 11.9. The maximum Gasteiger partial charge on any atom is 0.356 e. The van der Waals surface area contributed by atoms with Crippen molar-refractivity contribution in [3.63, 3.8) is 0 Å². The number of rotatable bonds is 7. The van der Waals surface area contributed by atoms with E-state index in [4.69, 9.17) is 5.11 Å². The van der Waals surface area contributed by atoms with E-state index in [1.54, 1.807) is 10.7 Å². The number of nitrogens with zero attached hydrogens (tertiary/aromatic N) is 4. The van der Waals surface area contributed by atoms with E-state index in [1.165, 1.54) is 11.1 Å². The summed E-state index contributed by atoms with van der Waals surface area (Å²) in [5.41, 5.74) is 7.50. The molecule has 7 heteroatoms. The van der Waals surface area contributed by atoms with Crippen molar-refractivity contribution in [1.82, 2.24) is 25.0 Å². The van der Waals surface area contributed by atoms with Gasteiger partial charge in [-0.25, -0.2) is 9.48 Å². The van der Waals surface area contributed by atoms with E-state index in [0.717, 1.165) is 67.3 Å². The molecule has 0 aliphatic carbocycles. The monoisotopic (exact) mass is 467 g/mol. The molecular formula is C28H29N5O2. The Bertz CT molecular complexity index is 1290. The fourth-order valence-corrected chi connectivity index (χ4v) is 4.43. The van der Waals surface area contributed by atoms with Crippen molar-refractivity contribution in [1.29, 1.82) is 0 Å². The summed E-state index contributed by atoms with van der Waals surface area (Å²) in [7, 11) is 0. The van der Waals surface area contributed by atoms with Gasteiger partial charge in [0.1, 0.15) is 0 Å². The lowest BCUT2D eigenvalue weighted by atomic mass is 10.0. The number of carbonyl (C=O) groups is 1. The Morgan fingerprint density at radius 2 is 1.60 bits per heavy atom. The molecule has 1 aliphatic heterocycles. The summed E-state index contributed by atoms with van der Waals surface area (Å²) < 4.78 is 1.66. The molecule has 3 heterocycles. The van der Waals surface area contributed by atoms with Gasteiger partial charge >= 0.3 is 5.97 Å². The minimum absolute atomic E-state index is 0.0519. The number of aryl methyl sites for hydroxylation is 1. The molecule has 0 atom stereocenters. The van der Waals surface area contributed by atoms with Gasteiger partial charge < -0.3 is 10.4 Å². The number of hydrogen-bond acceptors (Lipinski definition) is 5. The van der Waals surface area contributed by atoms with Crippen molar-refractivity contribution in [2.24, 2.45) is 0 Å². The number of benzene rings is 2. The molecule has 0 radical (unpaired) electrons. The molecule has 0 saturated carbocycles. The largest absolute Gasteiger partial charge is 0.476 e. The second-order valence-corrected chi connectivity index (χ2v) is 8.99. The van der Waals surface area contributed by atoms with Gasteiger partial charge in [-0.3, -0.25) is 9.88 Å². The van der Waals surface area contributed by atoms with Gasteiger partial charge in [-0.1, -0.05) is 42.5 Å². The van der Waals surface area contributed by atoms with Gasteiger partial charge in [-0.05, 0) is 54.3 Å². The Morgan fingerprint density at radius 1 is 0.943 bits per heavy atom. The van der Waals surface area contributed by atoms with Gasteiger partial charge in [-0.2, -0.15) is 5.10 Å². The van der Waals surface area contributed by atoms with E-state index >= 15 is 0 Å². The van der Waals surface area contributed by atoms with Crippen molar-refractivity contribution < 1.29 is 9.90 Å². The minimum atomic E-state index is -1.02. The van der Waals surface area contributed by atoms with Crippen LogP contribution in [0.25, 0.3) is 16.8 Å². The number of nitrogens with one attached hydrogen (secondary N) is 1. The first-order chi connectivity index (χ1) is 17.0. The van der Waals surface area contributed by atoms with Crippen LogP contribution in [-0.4, -0.2) is 56.9 Å². The van der Waals surface area contributed by atoms with E-state index in [9.17, 15) is 4.79 Å². The van der Waals surface area contributed by atoms with E-state index in [1.807, 2.05) is 25.3 Å². The van der Waals surface area contributed by atoms with Crippen LogP contribution in [0.4, 0.5) is 0 Å². The van der Waals surface area contributed by atoms with Crippen LogP contribution in [0.15, 0.2) is 72.9 Å². The standard InChI is InChI=1S/C28H29N5O2/c1-20-16-27(28(34)35)31-33(20)26-10-4-22(5-11-26)17-21-2-6-23(7-3-21)24-8-9-25(30-18-24)19-32-14-12-29-13-15-32/h2-11,16,18,29H,12-15,17,19H2,1H3,(H,34,35). The summed E-state index contributed by atoms with van der Waals surface area (Å²) in [6.45, 7) is 6.99. The molecule has 2 N–H and O–H groups in total. The van der Waals surface area contributed by atoms with Crippen LogP contribution < -0.4 is 5.32 Å². The number of pyridine rings is 1. The highest BCUT2D eigenvalue weighted by Gasteiger charge is 2.12. The zero-order valence-corrected chi connectivity index (χ0v) is 19.8. The Labute approximate surface area is 205 Å². The number of carboxylic acid groups (broad SMARTS) is 1. The normalized spacial score (nSPS) is 14.2. The lowest BCUT2D eigenvalue weighted by Crippen LogP contribution is -2.43. The molecule has 35 heavy (non-hydrogen) atoms. The number of hydrogen-bond donors (Lipinski definition) is 2. The fraction of sp³-hybridized carbons (Fsp3) is 0.250. The van der Waals surface area contributed by atoms with E-state index in [0.29, 0.717) is 0 Å². The van der Waals surface area contributed by atoms with Crippen molar-refractivity contribution in [3.8, 4) is 16.8 Å². The Kier molecular flexibility index (Phi) is 6.70. The van der Waals surface area contributed by atoms with Gasteiger partial charge in [0.2, 0.25) is 0 Å². The molecular weight excluding hydrogens is 438 g/mol. The molecule has 4 aromatic rings. The topological polar surface area (TPSA) is 83.3 Å². The lowest BCUT2D eigenvalue weighted by molar-refractivity contribution is 0.0690. The average Bonchev–Trinajstić information content (AvgIpc) is 3.28. The van der Waals surface area contributed by atoms with Crippen LogP contribution >= 0.6 is 0 Å². The van der Waals surface area contributed by atoms with Gasteiger partial charge in [-0.15, -0.1) is 0 Å². The zero-order chi connectivity index (χ0) is 24.2. The summed E-state index contributed by atoms with van der Waals surface area (Å²) in [5, 5.41) is 16.7. The maximum absolute atomic E-state index is 11.2. The Hall–Kier alpha value is -3.81. The first-order valence-electron chi connectivity index (χ1n) is 11.9. The van der Waals surface area contributed by atoms with Crippen LogP contribution in [0, 0.1) is 6.92 Å². The summed E-state index contributed by atoms with van der Waals surface area (Å²) in [5.74, 6) is -1.02. The van der Waals surface area contributed by atoms with Crippen molar-refractivity contribution >= 4 is 5.97 Å². The Morgan fingerprint density at radius 3 is 2.20 bits per heavy atom. The third-order valence-corrected chi connectivity index (χ3v) is 6.40. The quantitative estimate of drug-likeness (QED) is 0.428. The van der Waals surface area contributed by atoms with Crippen LogP contribution in [0.5, 0.6) is 0 Å². The summed E-state index contributed by atoms with van der Waals surface area (Å²) in [6, 6.07) is 22.6. The van der Waals surface area contributed by atoms with Crippen LogP contribution in [0.1, 0.15) is 33.0 Å². The zero-order valence-electron chi connectivity index (χ0n) is 19.8. The SMILES string of the molecule is Cc1cc(C(=O)O)nn1-c1ccc(Cc2ccc(-c3ccc(CN4CCNCC4)nc3)cc2)cc1. The Balaban J connectivity index is 1.22. The predicted octanol–water partition coefficient (Wildman–Crippen LogP) is 3.94. The number of piperazine rings is 1. The molecule has 1 saturated heterocycles. The van der Waals surface area contributed by atoms with Crippen molar-refractivity contribution in [2.45, 2.75) is 19.9 Å². The van der Waals surface area contributed by atoms with Crippen LogP contribution in [0.2, 0.25) is 0 Å². The summed E-state index contributed by atoms with van der Waals surface area (Å²) >= 11 is 0. The van der Waals surface area contributed by atoms with Crippen LogP contribution in [0.3, 0.4) is 0 Å². The predicted molar refractivity (Wildman–Crippen MR) is 136 cm³/mol. The molecule has 0 amide bonds. The molecule has 2 aromatic heterocycles. The molecule has 5 rings (SSSR count). The van der Waals surface area contributed by atoms with Crippen LogP contribution in [-0.2, 0) is 13.0 Å². The van der Waals surface area contributed by atoms with Gasteiger partial charge in [0.05, 0.1) is 11.4 Å². The highest BCUT2D eigenvalue weighted by molar-refractivity contribution is 5.85. The number of carboxylic acids is 1. The van der Waals surface area contributed by atoms with E-state index < -0.39 is 5.97 Å². The molecule has 178 valence electrons. The summed E-state index contributed by atoms with van der Waals surface area (Å²) in [6.07, 6.45) is 2.79. The highest BCUT2D eigenvalue weighted by atomic mass is 16.4. The number of aromatic carboxylic acids is 1. The molecule has 1 aliphatic rings. The molecule has 0 bridgehead atoms. The fourth-order valence-electron chi connectivity index (χ4n) is 4.43. The third kappa shape index (κ3) is 5.48. The molecule has 0 unspecified atom stereocenters.